The SMILES string of the molecule is CC(C)(S)C(C)(C)NC(C)(C)C(C)(C)NC(C)(C)C(C)(C)S.Cc1c(C)c(C)c(C(C)NC(C)C(C)NC(C)c2c(C)c(C)c(C)c(C)c2S)c(S)c1C.II. The first kappa shape index (κ1) is 57.1. The minimum Gasteiger partial charge on any atom is -0.306 e. The van der Waals surface area contributed by atoms with Gasteiger partial charge in [-0.05, 0) is 222 Å². The second kappa shape index (κ2) is 21.5. The Bertz CT molecular complexity index is 1440. The van der Waals surface area contributed by atoms with Gasteiger partial charge >= 0.3 is 0 Å². The Kier molecular flexibility index (Phi) is 21.9. The summed E-state index contributed by atoms with van der Waals surface area (Å²) in [7, 11) is 0. The third kappa shape index (κ3) is 13.8. The van der Waals surface area contributed by atoms with E-state index in [1.807, 2.05) is 0 Å². The molecule has 0 fully saturated rings. The van der Waals surface area contributed by atoms with Crippen molar-refractivity contribution in [3.63, 3.8) is 0 Å². The molecule has 2 aromatic rings. The van der Waals surface area contributed by atoms with E-state index < -0.39 is 0 Å². The van der Waals surface area contributed by atoms with Gasteiger partial charge in [-0.15, -0.1) is 25.3 Å². The predicted octanol–water partition coefficient (Wildman–Crippen LogP) is 14.0. The van der Waals surface area contributed by atoms with E-state index in [1.165, 1.54) is 55.6 Å². The molecule has 4 unspecified atom stereocenters. The van der Waals surface area contributed by atoms with Gasteiger partial charge in [0.1, 0.15) is 0 Å². The van der Waals surface area contributed by atoms with Crippen LogP contribution in [0.4, 0.5) is 0 Å². The van der Waals surface area contributed by atoms with E-state index >= 15 is 0 Å². The van der Waals surface area contributed by atoms with Crippen LogP contribution in [0.2, 0.25) is 0 Å². The molecule has 0 heterocycles. The highest BCUT2D eigenvalue weighted by Crippen LogP contribution is 2.38. The molecule has 0 amide bonds. The Morgan fingerprint density at radius 3 is 0.821 bits per heavy atom. The van der Waals surface area contributed by atoms with E-state index in [0.717, 1.165) is 9.79 Å². The van der Waals surface area contributed by atoms with Gasteiger partial charge in [0.15, 0.2) is 0 Å². The molecule has 0 bridgehead atoms. The molecule has 0 aliphatic heterocycles. The summed E-state index contributed by atoms with van der Waals surface area (Å²) in [6.07, 6.45) is 0. The van der Waals surface area contributed by atoms with Crippen LogP contribution in [0.5, 0.6) is 0 Å². The third-order valence-corrected chi connectivity index (χ3v) is 16.2. The fraction of sp³-hybridized carbons (Fsp3) is 0.739. The molecular weight excluding hydrogens is 991 g/mol. The van der Waals surface area contributed by atoms with Gasteiger partial charge < -0.3 is 21.3 Å². The van der Waals surface area contributed by atoms with Crippen LogP contribution in [-0.2, 0) is 0 Å². The largest absolute Gasteiger partial charge is 0.306 e. The molecule has 56 heavy (non-hydrogen) atoms. The number of halogens is 2. The van der Waals surface area contributed by atoms with Crippen molar-refractivity contribution in [3.8, 4) is 0 Å². The second-order valence-corrected chi connectivity index (χ2v) is 22.9. The van der Waals surface area contributed by atoms with Crippen LogP contribution in [0.3, 0.4) is 0 Å². The van der Waals surface area contributed by atoms with Crippen LogP contribution in [0.15, 0.2) is 9.79 Å². The topological polar surface area (TPSA) is 48.1 Å². The molecule has 0 aromatic heterocycles. The fourth-order valence-corrected chi connectivity index (χ4v) is 8.30. The number of benzene rings is 2. The van der Waals surface area contributed by atoms with Crippen LogP contribution in [0, 0.1) is 55.4 Å². The summed E-state index contributed by atoms with van der Waals surface area (Å²) in [6.45, 7) is 53.2. The summed E-state index contributed by atoms with van der Waals surface area (Å²) in [5.74, 6) is 0. The lowest BCUT2D eigenvalue weighted by Gasteiger charge is -2.55. The normalized spacial score (nSPS) is 15.3. The van der Waals surface area contributed by atoms with Gasteiger partial charge in [0, 0.05) is 103 Å². The number of hydrogen-bond donors (Lipinski definition) is 8. The van der Waals surface area contributed by atoms with Gasteiger partial charge in [-0.25, -0.2) is 0 Å². The predicted molar refractivity (Wildman–Crippen MR) is 284 cm³/mol. The first-order valence-electron chi connectivity index (χ1n) is 20.2. The number of thiol groups is 4. The third-order valence-electron chi connectivity index (χ3n) is 13.9. The highest BCUT2D eigenvalue weighted by molar-refractivity contribution is 15.0. The fourth-order valence-electron chi connectivity index (χ4n) is 7.13. The monoisotopic (exact) mass is 1070 g/mol. The summed E-state index contributed by atoms with van der Waals surface area (Å²) in [6, 6.07) is 1.03. The summed E-state index contributed by atoms with van der Waals surface area (Å²) in [5, 5.41) is 15.3. The Morgan fingerprint density at radius 2 is 0.607 bits per heavy atom. The lowest BCUT2D eigenvalue weighted by Crippen LogP contribution is -2.74. The minimum absolute atomic E-state index is 0.112. The molecule has 2 rings (SSSR count). The molecule has 10 heteroatoms. The quantitative estimate of drug-likeness (QED) is 0.0718. The van der Waals surface area contributed by atoms with Crippen molar-refractivity contribution in [1.29, 1.82) is 0 Å². The molecule has 4 nitrogen and oxygen atoms in total. The van der Waals surface area contributed by atoms with E-state index in [0.29, 0.717) is 0 Å². The number of nitrogens with one attached hydrogen (secondary N) is 4. The molecule has 326 valence electrons. The van der Waals surface area contributed by atoms with Gasteiger partial charge in [-0.1, -0.05) is 0 Å². The van der Waals surface area contributed by atoms with Crippen molar-refractivity contribution >= 4 is 87.7 Å². The Balaban J connectivity index is 0.00000111. The Morgan fingerprint density at radius 1 is 0.393 bits per heavy atom. The summed E-state index contributed by atoms with van der Waals surface area (Å²) in [5.41, 5.74) is 12.9. The Labute approximate surface area is 392 Å². The highest BCUT2D eigenvalue weighted by atomic mass is 128. The van der Waals surface area contributed by atoms with Crippen LogP contribution in [-0.4, -0.2) is 43.7 Å². The van der Waals surface area contributed by atoms with Crippen molar-refractivity contribution in [2.45, 2.75) is 232 Å². The number of rotatable bonds is 14. The van der Waals surface area contributed by atoms with Crippen molar-refractivity contribution in [3.05, 3.63) is 55.6 Å². The first-order chi connectivity index (χ1) is 24.9. The molecule has 0 radical (unpaired) electrons. The molecule has 0 aliphatic rings. The van der Waals surface area contributed by atoms with E-state index in [2.05, 4.69) is 225 Å². The van der Waals surface area contributed by atoms with E-state index in [9.17, 15) is 0 Å². The zero-order valence-corrected chi connectivity index (χ0v) is 47.7. The van der Waals surface area contributed by atoms with Crippen LogP contribution < -0.4 is 21.3 Å². The van der Waals surface area contributed by atoms with Crippen molar-refractivity contribution in [2.24, 2.45) is 0 Å². The molecule has 0 saturated carbocycles. The van der Waals surface area contributed by atoms with Gasteiger partial charge in [-0.2, -0.15) is 25.3 Å². The number of hydrogen-bond acceptors (Lipinski definition) is 8. The maximum atomic E-state index is 4.90. The standard InChI is InChI=1S/C28H44N2S2.C18H40N2S2.I2/c1-13-15(3)19(7)27(31)25(17(13)5)23(11)29-21(9)22(10)30-24(12)26-18(6)14(2)16(4)20(8)28(26)32;1-13(2,19-15(5,6)17(9,10)21)14(3,4)20-16(7,8)18(11,12)22;1-2/h21-24,29-32H,1-12H3;19-22H,1-12H3;. The van der Waals surface area contributed by atoms with E-state index in [1.54, 1.807) is 0 Å². The second-order valence-electron chi connectivity index (χ2n) is 19.7. The van der Waals surface area contributed by atoms with Gasteiger partial charge in [0.2, 0.25) is 0 Å². The maximum Gasteiger partial charge on any atom is 0.0308 e. The maximum absolute atomic E-state index is 4.90. The van der Waals surface area contributed by atoms with E-state index in [-0.39, 0.29) is 55.8 Å². The van der Waals surface area contributed by atoms with Crippen LogP contribution in [0.1, 0.15) is 178 Å². The molecular formula is C46H84I2N4S4. The average Bonchev–Trinajstić information content (AvgIpc) is 3.03. The van der Waals surface area contributed by atoms with Crippen LogP contribution >= 0.6 is 87.7 Å². The molecule has 4 atom stereocenters. The lowest BCUT2D eigenvalue weighted by atomic mass is 9.75. The van der Waals surface area contributed by atoms with E-state index in [4.69, 9.17) is 50.5 Å². The zero-order chi connectivity index (χ0) is 45.1. The smallest absolute Gasteiger partial charge is 0.0308 e. The van der Waals surface area contributed by atoms with Crippen molar-refractivity contribution < 1.29 is 0 Å². The van der Waals surface area contributed by atoms with Gasteiger partial charge in [0.25, 0.3) is 0 Å². The zero-order valence-electron chi connectivity index (χ0n) is 39.9. The van der Waals surface area contributed by atoms with Crippen molar-refractivity contribution in [2.75, 3.05) is 0 Å². The summed E-state index contributed by atoms with van der Waals surface area (Å²) in [4.78, 5) is 2.24. The summed E-state index contributed by atoms with van der Waals surface area (Å²) < 4.78 is -0.253. The van der Waals surface area contributed by atoms with Crippen LogP contribution in [0.25, 0.3) is 0 Å². The molecule has 4 N–H and O–H groups in total. The van der Waals surface area contributed by atoms with Crippen molar-refractivity contribution in [1.82, 2.24) is 21.3 Å². The first-order valence-corrected chi connectivity index (χ1v) is 28.2. The molecule has 0 saturated heterocycles. The van der Waals surface area contributed by atoms with Gasteiger partial charge in [0.05, 0.1) is 0 Å². The summed E-state index contributed by atoms with van der Waals surface area (Å²) >= 11 is 23.6. The average molecular weight is 1080 g/mol. The molecule has 2 aromatic carbocycles. The van der Waals surface area contributed by atoms with Gasteiger partial charge in [-0.3, -0.25) is 0 Å². The molecule has 0 aliphatic carbocycles. The molecule has 0 spiro atoms. The highest BCUT2D eigenvalue weighted by Gasteiger charge is 2.48. The Hall–Kier alpha value is 1.14. The lowest BCUT2D eigenvalue weighted by molar-refractivity contribution is 0.0984. The minimum atomic E-state index is -0.132.